The number of hydrogen-bond donors (Lipinski definition) is 0. The zero-order valence-corrected chi connectivity index (χ0v) is 42.1. The zero-order chi connectivity index (χ0) is 49.9. The van der Waals surface area contributed by atoms with Crippen LogP contribution in [0.4, 0.5) is 0 Å². The zero-order valence-electron chi connectivity index (χ0n) is 41.3. The first-order valence-electron chi connectivity index (χ1n) is 24.9. The van der Waals surface area contributed by atoms with Crippen LogP contribution in [0.1, 0.15) is 48.0 Å². The number of hydrogen-bond acceptors (Lipinski definition) is 5. The van der Waals surface area contributed by atoms with E-state index in [-0.39, 0.29) is 5.92 Å². The Hall–Kier alpha value is -8.77. The van der Waals surface area contributed by atoms with Gasteiger partial charge in [-0.1, -0.05) is 232 Å². The maximum atomic E-state index is 5.48. The third-order valence-electron chi connectivity index (χ3n) is 13.1. The van der Waals surface area contributed by atoms with Crippen LogP contribution in [0, 0.1) is 0 Å². The molecule has 73 heavy (non-hydrogen) atoms. The molecular formula is C68H56N4S. The van der Waals surface area contributed by atoms with Gasteiger partial charge in [0.15, 0.2) is 17.5 Å². The van der Waals surface area contributed by atoms with Crippen LogP contribution in [0.15, 0.2) is 268 Å². The normalized spacial score (nSPS) is 15.3. The molecule has 0 amide bonds. The van der Waals surface area contributed by atoms with Crippen molar-refractivity contribution < 1.29 is 0 Å². The highest BCUT2D eigenvalue weighted by molar-refractivity contribution is 7.19. The lowest BCUT2D eigenvalue weighted by Gasteiger charge is -2.28. The van der Waals surface area contributed by atoms with Crippen molar-refractivity contribution in [2.45, 2.75) is 26.2 Å². The maximum Gasteiger partial charge on any atom is 0.164 e. The molecule has 4 nitrogen and oxygen atoms in total. The fourth-order valence-corrected chi connectivity index (χ4v) is 10.5. The molecule has 1 atom stereocenters. The monoisotopic (exact) mass is 960 g/mol. The number of aromatic nitrogens is 3. The van der Waals surface area contributed by atoms with E-state index in [9.17, 15) is 0 Å². The number of fused-ring (bicyclic) bond motifs is 3. The van der Waals surface area contributed by atoms with Gasteiger partial charge in [0.05, 0.1) is 0 Å². The summed E-state index contributed by atoms with van der Waals surface area (Å²) >= 11 is 1.84. The molecule has 5 heteroatoms. The second-order valence-electron chi connectivity index (χ2n) is 18.0. The lowest BCUT2D eigenvalue weighted by atomic mass is 9.95. The van der Waals surface area contributed by atoms with E-state index >= 15 is 0 Å². The standard InChI is InChI=1S/C68H56N4S/c1-5-6-11-35-57(52-29-14-8-15-30-52)44-58(36-24-43-72-49(3)26-21-20-25-48(2)65-64(50(72)4)62-37-22-23-38-63(62)73-65)67-69-66(56-41-39-55(40-42-56)51-27-12-7-13-28-51)70-68(71-67)61-46-59(53-31-16-9-17-32-53)45-60(47-61)54-33-18-10-19-34-54/h5-23,25-42,44-48H,3-4,24,43H2,1-2H3/b6-5-,25-20-,26-21-,35-11-,57-44+,58-36+. The van der Waals surface area contributed by atoms with Gasteiger partial charge in [0, 0.05) is 61.1 Å². The minimum absolute atomic E-state index is 0.213. The lowest BCUT2D eigenvalue weighted by Crippen LogP contribution is -2.21. The van der Waals surface area contributed by atoms with E-state index in [0.717, 1.165) is 72.6 Å². The van der Waals surface area contributed by atoms with Crippen LogP contribution in [0.3, 0.4) is 0 Å². The van der Waals surface area contributed by atoms with Gasteiger partial charge in [-0.15, -0.1) is 11.3 Å². The molecule has 0 radical (unpaired) electrons. The molecule has 0 spiro atoms. The van der Waals surface area contributed by atoms with Crippen LogP contribution in [-0.2, 0) is 0 Å². The van der Waals surface area contributed by atoms with Gasteiger partial charge in [0.25, 0.3) is 0 Å². The molecule has 7 aromatic carbocycles. The summed E-state index contributed by atoms with van der Waals surface area (Å²) < 4.78 is 1.25. The minimum atomic E-state index is 0.213. The molecule has 10 rings (SSSR count). The number of benzene rings is 7. The van der Waals surface area contributed by atoms with Crippen molar-refractivity contribution in [2.75, 3.05) is 6.54 Å². The Morgan fingerprint density at radius 3 is 1.77 bits per heavy atom. The van der Waals surface area contributed by atoms with Gasteiger partial charge in [0.1, 0.15) is 0 Å². The van der Waals surface area contributed by atoms with Gasteiger partial charge in [-0.2, -0.15) is 0 Å². The molecule has 0 bridgehead atoms. The first-order chi connectivity index (χ1) is 35.9. The Kier molecular flexibility index (Phi) is 14.8. The third-order valence-corrected chi connectivity index (χ3v) is 14.4. The highest BCUT2D eigenvalue weighted by atomic mass is 32.1. The van der Waals surface area contributed by atoms with E-state index in [0.29, 0.717) is 30.4 Å². The smallest absolute Gasteiger partial charge is 0.164 e. The van der Waals surface area contributed by atoms with E-state index in [2.05, 4.69) is 255 Å². The maximum absolute atomic E-state index is 5.48. The molecule has 1 aliphatic heterocycles. The van der Waals surface area contributed by atoms with Gasteiger partial charge in [-0.25, -0.2) is 15.0 Å². The average Bonchev–Trinajstić information content (AvgIpc) is 3.85. The van der Waals surface area contributed by atoms with Crippen LogP contribution < -0.4 is 0 Å². The Morgan fingerprint density at radius 1 is 0.575 bits per heavy atom. The second-order valence-corrected chi connectivity index (χ2v) is 19.1. The van der Waals surface area contributed by atoms with E-state index < -0.39 is 0 Å². The molecule has 354 valence electrons. The van der Waals surface area contributed by atoms with Gasteiger partial charge < -0.3 is 4.90 Å². The Morgan fingerprint density at radius 2 is 1.12 bits per heavy atom. The van der Waals surface area contributed by atoms with Gasteiger partial charge in [0.2, 0.25) is 0 Å². The highest BCUT2D eigenvalue weighted by Crippen LogP contribution is 2.42. The molecule has 0 saturated carbocycles. The van der Waals surface area contributed by atoms with Crippen molar-refractivity contribution in [2.24, 2.45) is 0 Å². The van der Waals surface area contributed by atoms with Crippen molar-refractivity contribution >= 4 is 38.3 Å². The molecule has 0 saturated heterocycles. The van der Waals surface area contributed by atoms with Crippen molar-refractivity contribution in [1.29, 1.82) is 0 Å². The fraction of sp³-hybridized carbons (Fsp3) is 0.0735. The van der Waals surface area contributed by atoms with Crippen molar-refractivity contribution in [3.05, 3.63) is 290 Å². The third kappa shape index (κ3) is 11.1. The summed E-state index contributed by atoms with van der Waals surface area (Å²) in [5.41, 5.74) is 14.3. The Balaban J connectivity index is 1.16. The largest absolute Gasteiger partial charge is 0.342 e. The Bertz CT molecular complexity index is 3540. The summed E-state index contributed by atoms with van der Waals surface area (Å²) in [6.07, 6.45) is 22.0. The lowest BCUT2D eigenvalue weighted by molar-refractivity contribution is 0.513. The molecule has 2 aromatic heterocycles. The predicted molar refractivity (Wildman–Crippen MR) is 311 cm³/mol. The number of rotatable bonds is 13. The van der Waals surface area contributed by atoms with Crippen LogP contribution in [-0.4, -0.2) is 26.4 Å². The van der Waals surface area contributed by atoms with Crippen molar-refractivity contribution in [1.82, 2.24) is 19.9 Å². The first kappa shape index (κ1) is 47.9. The summed E-state index contributed by atoms with van der Waals surface area (Å²) in [5, 5.41) is 1.21. The summed E-state index contributed by atoms with van der Waals surface area (Å²) in [5.74, 6) is 1.94. The minimum Gasteiger partial charge on any atom is -0.342 e. The fourth-order valence-electron chi connectivity index (χ4n) is 9.26. The van der Waals surface area contributed by atoms with Crippen LogP contribution in [0.5, 0.6) is 0 Å². The van der Waals surface area contributed by atoms with E-state index in [1.807, 2.05) is 30.4 Å². The second kappa shape index (κ2) is 22.5. The number of nitrogens with zero attached hydrogens (tertiary/aromatic N) is 4. The van der Waals surface area contributed by atoms with Gasteiger partial charge >= 0.3 is 0 Å². The summed E-state index contributed by atoms with van der Waals surface area (Å²) in [4.78, 5) is 19.8. The van der Waals surface area contributed by atoms with Gasteiger partial charge in [-0.3, -0.25) is 0 Å². The molecule has 1 aliphatic rings. The van der Waals surface area contributed by atoms with Crippen molar-refractivity contribution in [3.63, 3.8) is 0 Å². The summed E-state index contributed by atoms with van der Waals surface area (Å²) in [6, 6.07) is 65.8. The van der Waals surface area contributed by atoms with Crippen LogP contribution >= 0.6 is 11.3 Å². The summed E-state index contributed by atoms with van der Waals surface area (Å²) in [6.45, 7) is 14.3. The SMILES string of the molecule is C=C1/C=C\C=C/C(C)c2sc3ccccc3c2C(=C)N1CC\C=C(/C=C(\C=C/C=C\C)c1ccccc1)c1nc(-c2ccc(-c3ccccc3)cc2)nc(-c2cc(-c3ccccc3)cc(-c3ccccc3)c2)n1. The summed E-state index contributed by atoms with van der Waals surface area (Å²) in [7, 11) is 0. The van der Waals surface area contributed by atoms with E-state index in [4.69, 9.17) is 21.5 Å². The molecule has 9 aromatic rings. The molecule has 0 aliphatic carbocycles. The first-order valence-corrected chi connectivity index (χ1v) is 25.7. The molecule has 1 unspecified atom stereocenters. The Labute approximate surface area is 434 Å². The molecular weight excluding hydrogens is 905 g/mol. The average molecular weight is 961 g/mol. The molecule has 0 fully saturated rings. The number of thiophene rings is 1. The van der Waals surface area contributed by atoms with E-state index in [1.165, 1.54) is 20.5 Å². The quantitative estimate of drug-likeness (QED) is 0.108. The van der Waals surface area contributed by atoms with E-state index in [1.54, 1.807) is 0 Å². The van der Waals surface area contributed by atoms with Crippen LogP contribution in [0.2, 0.25) is 0 Å². The van der Waals surface area contributed by atoms with Crippen molar-refractivity contribution in [3.8, 4) is 56.2 Å². The van der Waals surface area contributed by atoms with Crippen LogP contribution in [0.25, 0.3) is 83.1 Å². The predicted octanol–water partition coefficient (Wildman–Crippen LogP) is 18.1. The topological polar surface area (TPSA) is 41.9 Å². The van der Waals surface area contributed by atoms with Gasteiger partial charge in [-0.05, 0) is 94.3 Å². The molecule has 0 N–H and O–H groups in total. The highest BCUT2D eigenvalue weighted by Gasteiger charge is 2.23. The number of allylic oxidation sites excluding steroid dienone is 11. The molecule has 3 heterocycles.